The fourth-order valence-corrected chi connectivity index (χ4v) is 3.59. The van der Waals surface area contributed by atoms with Gasteiger partial charge in [0.1, 0.15) is 0 Å². The summed E-state index contributed by atoms with van der Waals surface area (Å²) in [5.74, 6) is 1.69. The van der Waals surface area contributed by atoms with Gasteiger partial charge in [0.15, 0.2) is 0 Å². The van der Waals surface area contributed by atoms with Crippen LogP contribution in [0.5, 0.6) is 0 Å². The van der Waals surface area contributed by atoms with Gasteiger partial charge < -0.3 is 15.4 Å². The zero-order valence-electron chi connectivity index (χ0n) is 14.7. The van der Waals surface area contributed by atoms with E-state index in [0.717, 1.165) is 23.6 Å². The summed E-state index contributed by atoms with van der Waals surface area (Å²) in [6, 6.07) is 9.40. The number of rotatable bonds is 7. The van der Waals surface area contributed by atoms with Crippen molar-refractivity contribution >= 4 is 36.0 Å². The van der Waals surface area contributed by atoms with E-state index < -0.39 is 0 Å². The van der Waals surface area contributed by atoms with E-state index in [-0.39, 0.29) is 48.9 Å². The van der Waals surface area contributed by atoms with Gasteiger partial charge in [-0.25, -0.2) is 0 Å². The monoisotopic (exact) mass is 386 g/mol. The van der Waals surface area contributed by atoms with Gasteiger partial charge in [0.25, 0.3) is 0 Å². The number of carbonyl (C=O) groups is 2. The number of carbonyl (C=O) groups excluding carboxylic acids is 2. The van der Waals surface area contributed by atoms with Gasteiger partial charge in [-0.2, -0.15) is 11.8 Å². The molecule has 2 N–H and O–H groups in total. The molecule has 0 bridgehead atoms. The molecule has 1 heterocycles. The lowest BCUT2D eigenvalue weighted by Crippen LogP contribution is -2.42. The first-order valence-corrected chi connectivity index (χ1v) is 9.55. The predicted octanol–water partition coefficient (Wildman–Crippen LogP) is 2.70. The molecule has 0 spiro atoms. The summed E-state index contributed by atoms with van der Waals surface area (Å²) in [4.78, 5) is 24.4. The van der Waals surface area contributed by atoms with Crippen LogP contribution < -0.4 is 10.6 Å². The Labute approximate surface area is 160 Å². The Balaban J connectivity index is 0.00000312. The number of nitrogens with one attached hydrogen (secondary N) is 2. The molecule has 5 nitrogen and oxygen atoms in total. The topological polar surface area (TPSA) is 67.4 Å². The Hall–Kier alpha value is -1.24. The first-order valence-electron chi connectivity index (χ1n) is 8.39. The number of hydrogen-bond acceptors (Lipinski definition) is 5. The minimum Gasteiger partial charge on any atom is -0.463 e. The lowest BCUT2D eigenvalue weighted by Gasteiger charge is -2.24. The number of hydrogen-bond donors (Lipinski definition) is 2. The molecule has 2 rings (SSSR count). The number of ether oxygens (including phenoxy) is 1. The van der Waals surface area contributed by atoms with E-state index in [9.17, 15) is 9.59 Å². The first-order chi connectivity index (χ1) is 11.5. The second-order valence-corrected chi connectivity index (χ2v) is 7.35. The number of amides is 1. The molecule has 7 heteroatoms. The molecular weight excluding hydrogens is 360 g/mol. The Morgan fingerprint density at radius 2 is 2.04 bits per heavy atom. The minimum atomic E-state index is -0.360. The summed E-state index contributed by atoms with van der Waals surface area (Å²) in [5.41, 5.74) is 0.914. The molecule has 0 aromatic heterocycles. The van der Waals surface area contributed by atoms with Crippen LogP contribution in [0.4, 0.5) is 0 Å². The van der Waals surface area contributed by atoms with Crippen molar-refractivity contribution in [2.75, 3.05) is 18.1 Å². The Morgan fingerprint density at radius 3 is 2.64 bits per heavy atom. The third-order valence-corrected chi connectivity index (χ3v) is 4.84. The third-order valence-electron chi connectivity index (χ3n) is 3.71. The number of benzene rings is 1. The Bertz CT molecular complexity index is 536. The smallest absolute Gasteiger partial charge is 0.308 e. The molecular formula is C18H27ClN2O3S. The molecule has 1 amide bonds. The predicted molar refractivity (Wildman–Crippen MR) is 104 cm³/mol. The SMILES string of the molecule is CC(C)OC(=O)CC(NC(=O)CC1CSCCN1)c1ccccc1.Cl. The summed E-state index contributed by atoms with van der Waals surface area (Å²) in [6.45, 7) is 4.58. The average Bonchev–Trinajstić information content (AvgIpc) is 2.55. The lowest BCUT2D eigenvalue weighted by atomic mass is 10.0. The molecule has 0 radical (unpaired) electrons. The molecule has 1 aliphatic rings. The second kappa shape index (κ2) is 11.4. The highest BCUT2D eigenvalue weighted by Gasteiger charge is 2.22. The number of esters is 1. The summed E-state index contributed by atoms with van der Waals surface area (Å²) < 4.78 is 5.23. The molecule has 0 saturated carbocycles. The maximum Gasteiger partial charge on any atom is 0.308 e. The van der Waals surface area contributed by atoms with Crippen molar-refractivity contribution in [1.82, 2.24) is 10.6 Å². The molecule has 2 atom stereocenters. The molecule has 1 fully saturated rings. The van der Waals surface area contributed by atoms with Crippen molar-refractivity contribution in [2.24, 2.45) is 0 Å². The maximum atomic E-state index is 12.4. The molecule has 0 aliphatic carbocycles. The van der Waals surface area contributed by atoms with Gasteiger partial charge in [-0.05, 0) is 19.4 Å². The van der Waals surface area contributed by atoms with E-state index in [1.165, 1.54) is 0 Å². The van der Waals surface area contributed by atoms with E-state index >= 15 is 0 Å². The maximum absolute atomic E-state index is 12.4. The van der Waals surface area contributed by atoms with Crippen LogP contribution in [0.25, 0.3) is 0 Å². The van der Waals surface area contributed by atoms with Gasteiger partial charge in [-0.1, -0.05) is 30.3 Å². The fraction of sp³-hybridized carbons (Fsp3) is 0.556. The van der Waals surface area contributed by atoms with Crippen LogP contribution in [0, 0.1) is 0 Å². The molecule has 1 aliphatic heterocycles. The van der Waals surface area contributed by atoms with Crippen LogP contribution in [0.3, 0.4) is 0 Å². The normalized spacial score (nSPS) is 18.1. The fourth-order valence-electron chi connectivity index (χ4n) is 2.64. The van der Waals surface area contributed by atoms with Gasteiger partial charge in [0.05, 0.1) is 18.6 Å². The van der Waals surface area contributed by atoms with E-state index in [4.69, 9.17) is 4.74 Å². The molecule has 25 heavy (non-hydrogen) atoms. The zero-order valence-corrected chi connectivity index (χ0v) is 16.3. The Kier molecular flexibility index (Phi) is 9.93. The average molecular weight is 387 g/mol. The van der Waals surface area contributed by atoms with Gasteiger partial charge in [-0.3, -0.25) is 9.59 Å². The van der Waals surface area contributed by atoms with Crippen LogP contribution in [-0.4, -0.2) is 42.1 Å². The molecule has 1 aromatic carbocycles. The van der Waals surface area contributed by atoms with Crippen LogP contribution >= 0.6 is 24.2 Å². The highest BCUT2D eigenvalue weighted by molar-refractivity contribution is 7.99. The summed E-state index contributed by atoms with van der Waals surface area (Å²) in [5, 5.41) is 6.35. The molecule has 140 valence electrons. The third kappa shape index (κ3) is 8.12. The summed E-state index contributed by atoms with van der Waals surface area (Å²) in [6.07, 6.45) is 0.407. The van der Waals surface area contributed by atoms with E-state index in [2.05, 4.69) is 10.6 Å². The van der Waals surface area contributed by atoms with Gasteiger partial charge in [0.2, 0.25) is 5.91 Å². The highest BCUT2D eigenvalue weighted by Crippen LogP contribution is 2.18. The van der Waals surface area contributed by atoms with E-state index in [0.29, 0.717) is 6.42 Å². The first kappa shape index (κ1) is 21.8. The van der Waals surface area contributed by atoms with Crippen LogP contribution in [0.2, 0.25) is 0 Å². The van der Waals surface area contributed by atoms with Crippen molar-refractivity contribution in [2.45, 2.75) is 44.9 Å². The van der Waals surface area contributed by atoms with Crippen LogP contribution in [-0.2, 0) is 14.3 Å². The van der Waals surface area contributed by atoms with Crippen LogP contribution in [0.1, 0.15) is 38.3 Å². The van der Waals surface area contributed by atoms with Crippen molar-refractivity contribution < 1.29 is 14.3 Å². The summed E-state index contributed by atoms with van der Waals surface area (Å²) in [7, 11) is 0. The standard InChI is InChI=1S/C18H26N2O3S.ClH/c1-13(2)23-18(22)11-16(14-6-4-3-5-7-14)20-17(21)10-15-12-24-9-8-19-15;/h3-7,13,15-16,19H,8-12H2,1-2H3,(H,20,21);1H. The zero-order chi connectivity index (χ0) is 17.4. The van der Waals surface area contributed by atoms with Gasteiger partial charge in [0, 0.05) is 30.5 Å². The van der Waals surface area contributed by atoms with Crippen molar-refractivity contribution in [3.05, 3.63) is 35.9 Å². The van der Waals surface area contributed by atoms with Crippen molar-refractivity contribution in [3.8, 4) is 0 Å². The van der Waals surface area contributed by atoms with Crippen molar-refractivity contribution in [3.63, 3.8) is 0 Å². The minimum absolute atomic E-state index is 0. The van der Waals surface area contributed by atoms with Crippen LogP contribution in [0.15, 0.2) is 30.3 Å². The second-order valence-electron chi connectivity index (χ2n) is 6.20. The van der Waals surface area contributed by atoms with E-state index in [1.54, 1.807) is 0 Å². The van der Waals surface area contributed by atoms with Gasteiger partial charge >= 0.3 is 5.97 Å². The number of halogens is 1. The van der Waals surface area contributed by atoms with Crippen molar-refractivity contribution in [1.29, 1.82) is 0 Å². The lowest BCUT2D eigenvalue weighted by molar-refractivity contribution is -0.148. The molecule has 1 aromatic rings. The quantitative estimate of drug-likeness (QED) is 0.705. The number of thioether (sulfide) groups is 1. The van der Waals surface area contributed by atoms with Gasteiger partial charge in [-0.15, -0.1) is 12.4 Å². The van der Waals surface area contributed by atoms with E-state index in [1.807, 2.05) is 55.9 Å². The summed E-state index contributed by atoms with van der Waals surface area (Å²) >= 11 is 1.86. The molecule has 2 unspecified atom stereocenters. The highest BCUT2D eigenvalue weighted by atomic mass is 35.5. The largest absolute Gasteiger partial charge is 0.463 e. The Morgan fingerprint density at radius 1 is 1.32 bits per heavy atom. The molecule has 1 saturated heterocycles.